The van der Waals surface area contributed by atoms with Gasteiger partial charge >= 0.3 is 0 Å². The maximum atomic E-state index is 5.05. The molecule has 0 radical (unpaired) electrons. The first-order valence-electron chi connectivity index (χ1n) is 19.6. The van der Waals surface area contributed by atoms with Gasteiger partial charge in [-0.1, -0.05) is 187 Å². The highest BCUT2D eigenvalue weighted by Crippen LogP contribution is 2.56. The maximum absolute atomic E-state index is 5.05. The van der Waals surface area contributed by atoms with E-state index >= 15 is 0 Å². The third-order valence-electron chi connectivity index (χ3n) is 11.4. The largest absolute Gasteiger partial charge is 0.228 e. The number of rotatable bonds is 5. The first-order chi connectivity index (χ1) is 28.2. The highest BCUT2D eigenvalue weighted by molar-refractivity contribution is 8.05. The fourth-order valence-corrected chi connectivity index (χ4v) is 11.0. The summed E-state index contributed by atoms with van der Waals surface area (Å²) in [7, 11) is 0. The lowest BCUT2D eigenvalue weighted by Gasteiger charge is -2.27. The van der Waals surface area contributed by atoms with Gasteiger partial charge in [-0.3, -0.25) is 0 Å². The summed E-state index contributed by atoms with van der Waals surface area (Å²) in [5, 5.41) is 2.59. The molecule has 57 heavy (non-hydrogen) atoms. The zero-order valence-electron chi connectivity index (χ0n) is 31.1. The third-order valence-corrected chi connectivity index (χ3v) is 14.0. The van der Waals surface area contributed by atoms with Crippen LogP contribution in [0, 0.1) is 0 Å². The van der Waals surface area contributed by atoms with Crippen molar-refractivity contribution in [3.8, 4) is 56.2 Å². The molecular formula is C53H36N2S2. The number of aromatic nitrogens is 2. The molecule has 1 aliphatic carbocycles. The van der Waals surface area contributed by atoms with Gasteiger partial charge in [0.2, 0.25) is 0 Å². The second-order valence-corrected chi connectivity index (χ2v) is 17.0. The molecule has 2 aliphatic rings. The fraction of sp³-hybridized carbons (Fsp3) is 0.0566. The summed E-state index contributed by atoms with van der Waals surface area (Å²) in [6.07, 6.45) is 2.11. The molecule has 1 unspecified atom stereocenters. The van der Waals surface area contributed by atoms with Crippen LogP contribution in [-0.2, 0) is 6.42 Å². The lowest BCUT2D eigenvalue weighted by Crippen LogP contribution is -2.06. The van der Waals surface area contributed by atoms with Crippen molar-refractivity contribution in [3.05, 3.63) is 205 Å². The van der Waals surface area contributed by atoms with Crippen LogP contribution in [0.5, 0.6) is 0 Å². The topological polar surface area (TPSA) is 25.8 Å². The first kappa shape index (κ1) is 34.1. The zero-order valence-corrected chi connectivity index (χ0v) is 32.7. The molecule has 0 saturated heterocycles. The van der Waals surface area contributed by atoms with Crippen LogP contribution in [0.4, 0.5) is 0 Å². The van der Waals surface area contributed by atoms with Gasteiger partial charge in [0.15, 0.2) is 5.82 Å². The van der Waals surface area contributed by atoms with Crippen LogP contribution >= 0.6 is 23.5 Å². The molecular weight excluding hydrogens is 729 g/mol. The summed E-state index contributed by atoms with van der Waals surface area (Å²) in [4.78, 5) is 15.6. The van der Waals surface area contributed by atoms with E-state index < -0.39 is 0 Å². The molecule has 0 bridgehead atoms. The van der Waals surface area contributed by atoms with Gasteiger partial charge in [0.1, 0.15) is 0 Å². The van der Waals surface area contributed by atoms with Gasteiger partial charge in [-0.2, -0.15) is 0 Å². The first-order valence-corrected chi connectivity index (χ1v) is 21.2. The van der Waals surface area contributed by atoms with E-state index in [-0.39, 0.29) is 5.92 Å². The standard InChI is InChI=1S/C53H36N2S2/c1-3-12-38(13-4-1)46-33-47(39-14-5-2-6-15-39)55-53(54-46)40-25-21-35(22-26-40)34-19-23-37(24-20-34)44-28-27-36-11-9-10-18-43(36)45-29-30-48-52(51(44)45)57-50-32-42-17-8-7-16-41(42)31-49(50)56-48/h1-26,29-33,44H,27-28H2. The number of benzene rings is 8. The summed E-state index contributed by atoms with van der Waals surface area (Å²) < 4.78 is 0. The molecule has 2 heterocycles. The Morgan fingerprint density at radius 2 is 0.982 bits per heavy atom. The van der Waals surface area contributed by atoms with Gasteiger partial charge < -0.3 is 0 Å². The molecule has 8 aromatic carbocycles. The smallest absolute Gasteiger partial charge is 0.160 e. The predicted octanol–water partition coefficient (Wildman–Crippen LogP) is 14.7. The lowest BCUT2D eigenvalue weighted by atomic mass is 9.85. The van der Waals surface area contributed by atoms with Crippen molar-refractivity contribution in [2.24, 2.45) is 0 Å². The third kappa shape index (κ3) is 6.36. The molecule has 1 aliphatic heterocycles. The van der Waals surface area contributed by atoms with E-state index in [1.807, 2.05) is 35.7 Å². The Morgan fingerprint density at radius 3 is 1.65 bits per heavy atom. The average Bonchev–Trinajstić information content (AvgIpc) is 3.45. The Kier molecular flexibility index (Phi) is 8.60. The summed E-state index contributed by atoms with van der Waals surface area (Å²) in [6, 6.07) is 68.1. The van der Waals surface area contributed by atoms with Crippen LogP contribution in [-0.4, -0.2) is 9.97 Å². The molecule has 1 aromatic heterocycles. The van der Waals surface area contributed by atoms with Gasteiger partial charge in [-0.15, -0.1) is 0 Å². The van der Waals surface area contributed by atoms with E-state index in [9.17, 15) is 0 Å². The summed E-state index contributed by atoms with van der Waals surface area (Å²) in [6.45, 7) is 0. The van der Waals surface area contributed by atoms with Gasteiger partial charge in [0, 0.05) is 42.2 Å². The molecule has 0 spiro atoms. The Balaban J connectivity index is 0.937. The Bertz CT molecular complexity index is 2880. The minimum absolute atomic E-state index is 0.279. The molecule has 4 heteroatoms. The SMILES string of the molecule is c1ccc(-c2cc(-c3ccccc3)nc(-c3ccc(-c4ccc(C5CCc6ccccc6-c6ccc7c(c65)Sc5cc6ccccc6cc5S7)cc4)cc3)n2)cc1. The molecule has 0 fully saturated rings. The van der Waals surface area contributed by atoms with Crippen LogP contribution < -0.4 is 0 Å². The average molecular weight is 765 g/mol. The number of aryl methyl sites for hydroxylation is 1. The molecule has 0 N–H and O–H groups in total. The molecule has 1 atom stereocenters. The van der Waals surface area contributed by atoms with Crippen molar-refractivity contribution in [2.75, 3.05) is 0 Å². The van der Waals surface area contributed by atoms with Crippen LogP contribution in [0.3, 0.4) is 0 Å². The Labute approximate surface area is 341 Å². The molecule has 2 nitrogen and oxygen atoms in total. The fourth-order valence-electron chi connectivity index (χ4n) is 8.52. The van der Waals surface area contributed by atoms with Crippen molar-refractivity contribution in [3.63, 3.8) is 0 Å². The van der Waals surface area contributed by atoms with Crippen LogP contribution in [0.15, 0.2) is 208 Å². The van der Waals surface area contributed by atoms with Crippen molar-refractivity contribution < 1.29 is 0 Å². The molecule has 9 aromatic rings. The van der Waals surface area contributed by atoms with E-state index in [1.165, 1.54) is 69.3 Å². The van der Waals surface area contributed by atoms with Crippen molar-refractivity contribution in [2.45, 2.75) is 38.3 Å². The highest BCUT2D eigenvalue weighted by Gasteiger charge is 2.31. The number of fused-ring (bicyclic) bond motifs is 7. The van der Waals surface area contributed by atoms with Gasteiger partial charge in [-0.05, 0) is 86.8 Å². The molecule has 11 rings (SSSR count). The van der Waals surface area contributed by atoms with Crippen LogP contribution in [0.1, 0.15) is 29.0 Å². The van der Waals surface area contributed by atoms with Gasteiger partial charge in [-0.25, -0.2) is 9.97 Å². The number of nitrogens with zero attached hydrogens (tertiary/aromatic N) is 2. The van der Waals surface area contributed by atoms with Crippen LogP contribution in [0.2, 0.25) is 0 Å². The van der Waals surface area contributed by atoms with E-state index in [1.54, 1.807) is 0 Å². The summed E-state index contributed by atoms with van der Waals surface area (Å²) in [5.41, 5.74) is 14.4. The molecule has 270 valence electrons. The van der Waals surface area contributed by atoms with Gasteiger partial charge in [0.25, 0.3) is 0 Å². The second kappa shape index (κ2) is 14.4. The van der Waals surface area contributed by atoms with E-state index in [4.69, 9.17) is 9.97 Å². The normalized spacial score (nSPS) is 14.2. The van der Waals surface area contributed by atoms with Crippen molar-refractivity contribution in [1.82, 2.24) is 9.97 Å². The minimum atomic E-state index is 0.279. The summed E-state index contributed by atoms with van der Waals surface area (Å²) in [5.74, 6) is 1.00. The van der Waals surface area contributed by atoms with Crippen molar-refractivity contribution >= 4 is 34.3 Å². The quantitative estimate of drug-likeness (QED) is 0.174. The van der Waals surface area contributed by atoms with Crippen LogP contribution in [0.25, 0.3) is 66.9 Å². The highest BCUT2D eigenvalue weighted by atomic mass is 32.2. The lowest BCUT2D eigenvalue weighted by molar-refractivity contribution is 0.711. The zero-order chi connectivity index (χ0) is 37.7. The van der Waals surface area contributed by atoms with E-state index in [2.05, 4.69) is 176 Å². The minimum Gasteiger partial charge on any atom is -0.228 e. The maximum Gasteiger partial charge on any atom is 0.160 e. The Hall–Kier alpha value is -6.20. The number of hydrogen-bond acceptors (Lipinski definition) is 4. The predicted molar refractivity (Wildman–Crippen MR) is 238 cm³/mol. The van der Waals surface area contributed by atoms with Gasteiger partial charge in [0.05, 0.1) is 11.4 Å². The summed E-state index contributed by atoms with van der Waals surface area (Å²) >= 11 is 3.89. The molecule has 0 saturated carbocycles. The van der Waals surface area contributed by atoms with E-state index in [0.717, 1.165) is 46.7 Å². The monoisotopic (exact) mass is 764 g/mol. The van der Waals surface area contributed by atoms with Crippen molar-refractivity contribution in [1.29, 1.82) is 0 Å². The van der Waals surface area contributed by atoms with E-state index in [0.29, 0.717) is 0 Å². The second-order valence-electron chi connectivity index (χ2n) is 14.8. The molecule has 0 amide bonds. The Morgan fingerprint density at radius 1 is 0.421 bits per heavy atom. The number of hydrogen-bond donors (Lipinski definition) is 0.